The van der Waals surface area contributed by atoms with Crippen molar-refractivity contribution in [3.05, 3.63) is 14.7 Å². The van der Waals surface area contributed by atoms with Crippen molar-refractivity contribution in [2.24, 2.45) is 0 Å². The topological polar surface area (TPSA) is 250 Å². The molecule has 17 nitrogen and oxygen atoms in total. The van der Waals surface area contributed by atoms with E-state index in [-0.39, 0.29) is 48.8 Å². The zero-order valence-corrected chi connectivity index (χ0v) is 17.2. The van der Waals surface area contributed by atoms with E-state index in [2.05, 4.69) is 0 Å². The minimum Gasteiger partial charge on any atom is -0.394 e. The summed E-state index contributed by atoms with van der Waals surface area (Å²) in [4.78, 5) is 25.4. The molecular formula is C8H24LaN3O14+3. The van der Waals surface area contributed by atoms with Crippen LogP contribution in [-0.4, -0.2) is 110 Å². The van der Waals surface area contributed by atoms with Gasteiger partial charge in [-0.3, -0.25) is 0 Å². The maximum Gasteiger partial charge on any atom is 0.472 e. The monoisotopic (exact) mass is 525 g/mol. The summed E-state index contributed by atoms with van der Waals surface area (Å²) in [6.45, 7) is 2.76. The Labute approximate surface area is 174 Å². The van der Waals surface area contributed by atoms with E-state index in [1.807, 2.05) is 0 Å². The predicted octanol–water partition coefficient (Wildman–Crippen LogP) is -2.35. The van der Waals surface area contributed by atoms with Crippen molar-refractivity contribution in [3.8, 4) is 0 Å². The summed E-state index contributed by atoms with van der Waals surface area (Å²) < 4.78 is 15.0. The molecule has 1 radical (unpaired) electrons. The summed E-state index contributed by atoms with van der Waals surface area (Å²) in [5.74, 6) is 0. The molecule has 0 saturated heterocycles. The van der Waals surface area contributed by atoms with Crippen molar-refractivity contribution in [2.75, 3.05) is 52.9 Å². The molecule has 8 N–H and O–H groups in total. The predicted molar refractivity (Wildman–Crippen MR) is 68.2 cm³/mol. The van der Waals surface area contributed by atoms with Crippen LogP contribution in [0.2, 0.25) is 0 Å². The molecule has 0 aromatic carbocycles. The maximum absolute atomic E-state index is 8.47. The fourth-order valence-corrected chi connectivity index (χ4v) is 0.671. The van der Waals surface area contributed by atoms with Gasteiger partial charge < -0.3 is 24.4 Å². The molecule has 0 heterocycles. The van der Waals surface area contributed by atoms with Crippen molar-refractivity contribution in [3.63, 3.8) is 0 Å². The minimum absolute atomic E-state index is 0. The van der Waals surface area contributed by atoms with E-state index in [9.17, 15) is 0 Å². The first-order chi connectivity index (χ1) is 11.6. The molecular weight excluding hydrogens is 501 g/mol. The van der Waals surface area contributed by atoms with Gasteiger partial charge in [0.2, 0.25) is 0 Å². The second kappa shape index (κ2) is 34.8. The Morgan fingerprint density at radius 1 is 0.500 bits per heavy atom. The molecule has 0 atom stereocenters. The van der Waals surface area contributed by atoms with Crippen LogP contribution in [0.1, 0.15) is 0 Å². The first-order valence-electron chi connectivity index (χ1n) is 6.11. The Hall–Kier alpha value is -1.41. The van der Waals surface area contributed by atoms with Gasteiger partial charge in [0.15, 0.2) is 0 Å². The van der Waals surface area contributed by atoms with Crippen molar-refractivity contribution < 1.29 is 107 Å². The first-order valence-corrected chi connectivity index (χ1v) is 6.11. The molecule has 0 fully saturated rings. The molecule has 0 amide bonds. The van der Waals surface area contributed by atoms with Crippen LogP contribution < -0.4 is 0 Å². The van der Waals surface area contributed by atoms with Crippen LogP contribution in [0.15, 0.2) is 0 Å². The van der Waals surface area contributed by atoms with Crippen molar-refractivity contribution in [2.45, 2.75) is 0 Å². The molecule has 0 saturated carbocycles. The number of ether oxygens (including phenoxy) is 3. The van der Waals surface area contributed by atoms with Gasteiger partial charge >= 0.3 is 15.3 Å². The molecule has 0 aromatic rings. The summed E-state index contributed by atoms with van der Waals surface area (Å²) in [6, 6.07) is 0. The second-order valence-corrected chi connectivity index (χ2v) is 3.04. The van der Waals surface area contributed by atoms with Gasteiger partial charge in [-0.25, -0.2) is 31.2 Å². The van der Waals surface area contributed by atoms with Gasteiger partial charge in [-0.2, -0.15) is 0 Å². The van der Waals surface area contributed by atoms with E-state index in [4.69, 9.17) is 70.4 Å². The van der Waals surface area contributed by atoms with E-state index in [1.165, 1.54) is 0 Å². The Bertz CT molecular complexity index is 259. The van der Waals surface area contributed by atoms with Gasteiger partial charge in [-0.15, -0.1) is 0 Å². The fraction of sp³-hybridized carbons (Fsp3) is 1.00. The zero-order chi connectivity index (χ0) is 20.5. The van der Waals surface area contributed by atoms with Crippen molar-refractivity contribution >= 4 is 0 Å². The van der Waals surface area contributed by atoms with E-state index < -0.39 is 15.3 Å². The number of rotatable bonds is 10. The van der Waals surface area contributed by atoms with E-state index in [1.54, 1.807) is 0 Å². The van der Waals surface area contributed by atoms with Crippen molar-refractivity contribution in [1.29, 1.82) is 0 Å². The smallest absolute Gasteiger partial charge is 0.394 e. The zero-order valence-electron chi connectivity index (χ0n) is 13.6. The first kappa shape index (κ1) is 35.7. The SMILES string of the molecule is O=[N+](O)O.O=[N+](O)O.O=[N+](O)O.OCCOCCOCCOCCO.[La]. The summed E-state index contributed by atoms with van der Waals surface area (Å²) in [6.07, 6.45) is 0. The molecule has 0 rings (SSSR count). The summed E-state index contributed by atoms with van der Waals surface area (Å²) >= 11 is 0. The average molecular weight is 525 g/mol. The fourth-order valence-electron chi connectivity index (χ4n) is 0.671. The quantitative estimate of drug-likeness (QED) is 0.110. The third-order valence-corrected chi connectivity index (χ3v) is 1.22. The second-order valence-electron chi connectivity index (χ2n) is 3.04. The number of hydrogen-bond acceptors (Lipinski definition) is 8. The molecule has 155 valence electrons. The number of nitrogens with zero attached hydrogens (tertiary/aromatic N) is 3. The molecule has 0 aliphatic heterocycles. The van der Waals surface area contributed by atoms with Gasteiger partial charge in [0.25, 0.3) is 0 Å². The summed E-state index contributed by atoms with van der Waals surface area (Å²) in [7, 11) is 0. The number of hydrogen-bond donors (Lipinski definition) is 8. The van der Waals surface area contributed by atoms with Crippen LogP contribution in [-0.2, 0) is 14.2 Å². The van der Waals surface area contributed by atoms with E-state index >= 15 is 0 Å². The molecule has 0 aliphatic carbocycles. The molecule has 26 heavy (non-hydrogen) atoms. The normalized spacial score (nSPS) is 8.08. The Balaban J connectivity index is -0.0000000933. The van der Waals surface area contributed by atoms with Gasteiger partial charge in [0, 0.05) is 35.6 Å². The molecule has 0 aromatic heterocycles. The molecule has 0 spiro atoms. The molecule has 18 heteroatoms. The molecule has 0 aliphatic rings. The summed E-state index contributed by atoms with van der Waals surface area (Å²) in [5.41, 5.74) is 0. The van der Waals surface area contributed by atoms with Crippen LogP contribution in [0, 0.1) is 50.3 Å². The number of aliphatic hydroxyl groups excluding tert-OH is 2. The Morgan fingerprint density at radius 3 is 0.808 bits per heavy atom. The van der Waals surface area contributed by atoms with Crippen LogP contribution in [0.3, 0.4) is 0 Å². The van der Waals surface area contributed by atoms with Gasteiger partial charge in [0.05, 0.1) is 52.9 Å². The van der Waals surface area contributed by atoms with Crippen LogP contribution in [0.25, 0.3) is 0 Å². The standard InChI is InChI=1S/C8H18O5.La.3H2NO3/c9-1-3-11-5-7-13-8-6-12-4-2-10;;3*2-1(3)4/h9-10H,1-8H2;;3*(H2,2,3,4)/q;;3*+1. The number of aliphatic hydroxyl groups is 2. The van der Waals surface area contributed by atoms with Gasteiger partial charge in [-0.1, -0.05) is 0 Å². The summed E-state index contributed by atoms with van der Waals surface area (Å²) in [5, 5.41) is 54.3. The Morgan fingerprint density at radius 2 is 0.654 bits per heavy atom. The molecule has 0 bridgehead atoms. The average Bonchev–Trinajstić information content (AvgIpc) is 2.44. The third-order valence-electron chi connectivity index (χ3n) is 1.22. The molecule has 0 unspecified atom stereocenters. The van der Waals surface area contributed by atoms with Gasteiger partial charge in [0.1, 0.15) is 14.7 Å². The van der Waals surface area contributed by atoms with Crippen LogP contribution in [0.4, 0.5) is 0 Å². The van der Waals surface area contributed by atoms with E-state index in [0.717, 1.165) is 0 Å². The van der Waals surface area contributed by atoms with Crippen LogP contribution in [0.5, 0.6) is 0 Å². The largest absolute Gasteiger partial charge is 0.472 e. The Kier molecular flexibility index (Phi) is 47.8. The minimum atomic E-state index is -1.25. The maximum atomic E-state index is 8.47. The van der Waals surface area contributed by atoms with Crippen molar-refractivity contribution in [1.82, 2.24) is 0 Å². The third kappa shape index (κ3) is 143. The van der Waals surface area contributed by atoms with Crippen LogP contribution >= 0.6 is 0 Å². The van der Waals surface area contributed by atoms with Gasteiger partial charge in [-0.05, 0) is 0 Å². The van der Waals surface area contributed by atoms with E-state index in [0.29, 0.717) is 39.6 Å².